The number of aliphatic hydroxyl groups excluding tert-OH is 1. The molecular weight excluding hydrogens is 250 g/mol. The first-order valence-corrected chi connectivity index (χ1v) is 6.95. The molecule has 0 saturated carbocycles. The van der Waals surface area contributed by atoms with Gasteiger partial charge < -0.3 is 15.2 Å². The topological polar surface area (TPSA) is 41.5 Å². The molecule has 2 aromatic carbocycles. The van der Waals surface area contributed by atoms with Crippen LogP contribution in [0.25, 0.3) is 0 Å². The standard InChI is InChI=1S/C17H21NO2/c1-2-20-16-10-8-14(9-11-16)12-18-13-17(19)15-6-4-3-5-7-15/h3-11,17-19H,2,12-13H2,1H3/t17-/m1/s1. The number of ether oxygens (including phenoxy) is 1. The number of nitrogens with one attached hydrogen (secondary N) is 1. The number of aliphatic hydroxyl groups is 1. The molecule has 106 valence electrons. The highest BCUT2D eigenvalue weighted by Gasteiger charge is 2.05. The van der Waals surface area contributed by atoms with Gasteiger partial charge in [-0.05, 0) is 30.2 Å². The third-order valence-corrected chi connectivity index (χ3v) is 3.09. The van der Waals surface area contributed by atoms with E-state index < -0.39 is 6.10 Å². The van der Waals surface area contributed by atoms with E-state index in [9.17, 15) is 5.11 Å². The maximum absolute atomic E-state index is 10.0. The largest absolute Gasteiger partial charge is 0.494 e. The summed E-state index contributed by atoms with van der Waals surface area (Å²) in [5, 5.41) is 13.3. The van der Waals surface area contributed by atoms with Crippen LogP contribution in [0.3, 0.4) is 0 Å². The van der Waals surface area contributed by atoms with Crippen LogP contribution in [0.15, 0.2) is 54.6 Å². The molecule has 0 aliphatic carbocycles. The third-order valence-electron chi connectivity index (χ3n) is 3.09. The SMILES string of the molecule is CCOc1ccc(CNC[C@@H](O)c2ccccc2)cc1. The maximum atomic E-state index is 10.0. The van der Waals surface area contributed by atoms with Crippen molar-refractivity contribution in [1.82, 2.24) is 5.32 Å². The predicted octanol–water partition coefficient (Wildman–Crippen LogP) is 2.91. The molecule has 2 N–H and O–H groups in total. The van der Waals surface area contributed by atoms with Gasteiger partial charge in [0.15, 0.2) is 0 Å². The second kappa shape index (κ2) is 7.68. The highest BCUT2D eigenvalue weighted by molar-refractivity contribution is 5.27. The quantitative estimate of drug-likeness (QED) is 0.813. The summed E-state index contributed by atoms with van der Waals surface area (Å²) in [7, 11) is 0. The van der Waals surface area contributed by atoms with Crippen molar-refractivity contribution in [2.75, 3.05) is 13.2 Å². The first-order chi connectivity index (χ1) is 9.79. The summed E-state index contributed by atoms with van der Waals surface area (Å²) in [6.07, 6.45) is -0.473. The zero-order chi connectivity index (χ0) is 14.2. The zero-order valence-corrected chi connectivity index (χ0v) is 11.8. The van der Waals surface area contributed by atoms with Crippen molar-refractivity contribution in [1.29, 1.82) is 0 Å². The van der Waals surface area contributed by atoms with Gasteiger partial charge >= 0.3 is 0 Å². The Morgan fingerprint density at radius 3 is 2.40 bits per heavy atom. The molecule has 0 bridgehead atoms. The van der Waals surface area contributed by atoms with E-state index in [0.717, 1.165) is 17.9 Å². The average Bonchev–Trinajstić information content (AvgIpc) is 2.50. The second-order valence-electron chi connectivity index (χ2n) is 4.63. The third kappa shape index (κ3) is 4.37. The van der Waals surface area contributed by atoms with E-state index in [4.69, 9.17) is 4.74 Å². The Morgan fingerprint density at radius 2 is 1.75 bits per heavy atom. The lowest BCUT2D eigenvalue weighted by molar-refractivity contribution is 0.174. The Morgan fingerprint density at radius 1 is 1.05 bits per heavy atom. The molecule has 3 heteroatoms. The first kappa shape index (κ1) is 14.6. The zero-order valence-electron chi connectivity index (χ0n) is 11.8. The number of hydrogen-bond donors (Lipinski definition) is 2. The summed E-state index contributed by atoms with van der Waals surface area (Å²) < 4.78 is 5.40. The van der Waals surface area contributed by atoms with E-state index in [-0.39, 0.29) is 0 Å². The molecule has 0 aliphatic rings. The second-order valence-corrected chi connectivity index (χ2v) is 4.63. The summed E-state index contributed by atoms with van der Waals surface area (Å²) >= 11 is 0. The molecule has 0 unspecified atom stereocenters. The summed E-state index contributed by atoms with van der Waals surface area (Å²) in [5.74, 6) is 0.889. The maximum Gasteiger partial charge on any atom is 0.119 e. The molecule has 0 heterocycles. The number of benzene rings is 2. The van der Waals surface area contributed by atoms with Gasteiger partial charge in [-0.15, -0.1) is 0 Å². The fourth-order valence-corrected chi connectivity index (χ4v) is 2.02. The fraction of sp³-hybridized carbons (Fsp3) is 0.294. The van der Waals surface area contributed by atoms with Gasteiger partial charge in [0, 0.05) is 13.1 Å². The first-order valence-electron chi connectivity index (χ1n) is 6.95. The van der Waals surface area contributed by atoms with Gasteiger partial charge in [0.25, 0.3) is 0 Å². The van der Waals surface area contributed by atoms with Crippen LogP contribution in [-0.2, 0) is 6.54 Å². The highest BCUT2D eigenvalue weighted by Crippen LogP contribution is 2.13. The molecule has 0 saturated heterocycles. The van der Waals surface area contributed by atoms with Gasteiger partial charge in [-0.3, -0.25) is 0 Å². The smallest absolute Gasteiger partial charge is 0.119 e. The van der Waals surface area contributed by atoms with Gasteiger partial charge in [0.05, 0.1) is 12.7 Å². The summed E-state index contributed by atoms with van der Waals surface area (Å²) in [4.78, 5) is 0. The Hall–Kier alpha value is -1.84. The van der Waals surface area contributed by atoms with Crippen molar-refractivity contribution >= 4 is 0 Å². The van der Waals surface area contributed by atoms with Crippen LogP contribution in [0.4, 0.5) is 0 Å². The summed E-state index contributed by atoms with van der Waals surface area (Å²) in [6, 6.07) is 17.7. The summed E-state index contributed by atoms with van der Waals surface area (Å²) in [5.41, 5.74) is 2.11. The van der Waals surface area contributed by atoms with Crippen molar-refractivity contribution in [3.63, 3.8) is 0 Å². The minimum absolute atomic E-state index is 0.473. The minimum Gasteiger partial charge on any atom is -0.494 e. The monoisotopic (exact) mass is 271 g/mol. The van der Waals surface area contributed by atoms with Gasteiger partial charge in [-0.1, -0.05) is 42.5 Å². The van der Waals surface area contributed by atoms with Crippen LogP contribution in [-0.4, -0.2) is 18.3 Å². The normalized spacial score (nSPS) is 12.1. The van der Waals surface area contributed by atoms with Crippen LogP contribution in [0.2, 0.25) is 0 Å². The van der Waals surface area contributed by atoms with Crippen LogP contribution in [0.5, 0.6) is 5.75 Å². The van der Waals surface area contributed by atoms with E-state index in [1.165, 1.54) is 5.56 Å². The van der Waals surface area contributed by atoms with Crippen molar-refractivity contribution in [2.24, 2.45) is 0 Å². The minimum atomic E-state index is -0.473. The molecule has 2 rings (SSSR count). The molecule has 2 aromatic rings. The Balaban J connectivity index is 1.78. The molecule has 0 radical (unpaired) electrons. The molecule has 0 amide bonds. The molecule has 20 heavy (non-hydrogen) atoms. The summed E-state index contributed by atoms with van der Waals surface area (Å²) in [6.45, 7) is 3.93. The van der Waals surface area contributed by atoms with E-state index in [2.05, 4.69) is 5.32 Å². The average molecular weight is 271 g/mol. The van der Waals surface area contributed by atoms with Gasteiger partial charge in [0.2, 0.25) is 0 Å². The Labute approximate surface area is 120 Å². The Bertz CT molecular complexity index is 496. The molecule has 0 aliphatic heterocycles. The van der Waals surface area contributed by atoms with Crippen molar-refractivity contribution in [3.05, 3.63) is 65.7 Å². The predicted molar refractivity (Wildman–Crippen MR) is 80.7 cm³/mol. The van der Waals surface area contributed by atoms with E-state index in [1.807, 2.05) is 61.5 Å². The van der Waals surface area contributed by atoms with Gasteiger partial charge in [0.1, 0.15) is 5.75 Å². The van der Waals surface area contributed by atoms with Crippen molar-refractivity contribution < 1.29 is 9.84 Å². The molecule has 0 aromatic heterocycles. The highest BCUT2D eigenvalue weighted by atomic mass is 16.5. The van der Waals surface area contributed by atoms with Gasteiger partial charge in [-0.2, -0.15) is 0 Å². The van der Waals surface area contributed by atoms with Crippen molar-refractivity contribution in [3.8, 4) is 5.75 Å². The van der Waals surface area contributed by atoms with Crippen LogP contribution >= 0.6 is 0 Å². The molecule has 0 spiro atoms. The molecule has 1 atom stereocenters. The van der Waals surface area contributed by atoms with E-state index in [0.29, 0.717) is 13.2 Å². The lowest BCUT2D eigenvalue weighted by atomic mass is 10.1. The molecular formula is C17H21NO2. The van der Waals surface area contributed by atoms with E-state index in [1.54, 1.807) is 0 Å². The van der Waals surface area contributed by atoms with Crippen LogP contribution in [0, 0.1) is 0 Å². The van der Waals surface area contributed by atoms with E-state index >= 15 is 0 Å². The van der Waals surface area contributed by atoms with Crippen molar-refractivity contribution in [2.45, 2.75) is 19.6 Å². The molecule has 3 nitrogen and oxygen atoms in total. The lowest BCUT2D eigenvalue weighted by Crippen LogP contribution is -2.20. The van der Waals surface area contributed by atoms with Crippen LogP contribution in [0.1, 0.15) is 24.2 Å². The molecule has 0 fully saturated rings. The number of rotatable bonds is 7. The number of hydrogen-bond acceptors (Lipinski definition) is 3. The fourth-order valence-electron chi connectivity index (χ4n) is 2.02. The Kier molecular flexibility index (Phi) is 5.59. The van der Waals surface area contributed by atoms with Crippen LogP contribution < -0.4 is 10.1 Å². The van der Waals surface area contributed by atoms with Gasteiger partial charge in [-0.25, -0.2) is 0 Å². The lowest BCUT2D eigenvalue weighted by Gasteiger charge is -2.12.